The molecule has 0 aromatic carbocycles. The van der Waals surface area contributed by atoms with Crippen molar-refractivity contribution >= 4 is 23.7 Å². The van der Waals surface area contributed by atoms with E-state index < -0.39 is 36.7 Å². The molecule has 2 atom stereocenters. The van der Waals surface area contributed by atoms with Gasteiger partial charge in [-0.05, 0) is 44.9 Å². The first-order chi connectivity index (χ1) is 11.8. The molecule has 4 rings (SSSR count). The Morgan fingerprint density at radius 3 is 2.24 bits per heavy atom. The van der Waals surface area contributed by atoms with Crippen molar-refractivity contribution in [3.05, 3.63) is 12.2 Å². The van der Waals surface area contributed by atoms with Crippen LogP contribution in [0.15, 0.2) is 12.2 Å². The normalized spacial score (nSPS) is 32.2. The monoisotopic (exact) mass is 350 g/mol. The van der Waals surface area contributed by atoms with Crippen molar-refractivity contribution in [3.8, 4) is 0 Å². The van der Waals surface area contributed by atoms with Crippen LogP contribution in [0.25, 0.3) is 0 Å². The van der Waals surface area contributed by atoms with Crippen LogP contribution in [0.3, 0.4) is 0 Å². The van der Waals surface area contributed by atoms with Crippen LogP contribution in [0, 0.1) is 17.8 Å². The van der Waals surface area contributed by atoms with Gasteiger partial charge in [0.2, 0.25) is 0 Å². The Morgan fingerprint density at radius 1 is 1.04 bits per heavy atom. The van der Waals surface area contributed by atoms with E-state index in [2.05, 4.69) is 11.3 Å². The third-order valence-corrected chi connectivity index (χ3v) is 5.29. The van der Waals surface area contributed by atoms with Gasteiger partial charge < -0.3 is 14.2 Å². The van der Waals surface area contributed by atoms with Crippen LogP contribution >= 0.6 is 0 Å². The fourth-order valence-electron chi connectivity index (χ4n) is 4.50. The number of carbonyl (C=O) groups excluding carboxylic acids is 4. The summed E-state index contributed by atoms with van der Waals surface area (Å²) < 4.78 is 15.0. The summed E-state index contributed by atoms with van der Waals surface area (Å²) in [6, 6.07) is 0. The fraction of sp³-hybridized carbons (Fsp3) is 0.667. The van der Waals surface area contributed by atoms with Crippen LogP contribution in [0.2, 0.25) is 0 Å². The first kappa shape index (κ1) is 17.6. The smallest absolute Gasteiger partial charge is 0.344 e. The SMILES string of the molecule is C=C(C)C(=O)OCC(=O)OCC(=O)OC12CC3CC(C1)C(=O)C(C3)C2. The van der Waals surface area contributed by atoms with E-state index in [-0.39, 0.29) is 17.4 Å². The Balaban J connectivity index is 1.45. The third-order valence-electron chi connectivity index (χ3n) is 5.29. The lowest BCUT2D eigenvalue weighted by molar-refractivity contribution is -0.194. The molecule has 0 spiro atoms. The second kappa shape index (κ2) is 6.61. The second-order valence-corrected chi connectivity index (χ2v) is 7.42. The lowest BCUT2D eigenvalue weighted by Gasteiger charge is -2.54. The average Bonchev–Trinajstić information content (AvgIpc) is 2.54. The molecule has 7 nitrogen and oxygen atoms in total. The van der Waals surface area contributed by atoms with Crippen molar-refractivity contribution in [1.82, 2.24) is 0 Å². The first-order valence-electron chi connectivity index (χ1n) is 8.52. The van der Waals surface area contributed by atoms with E-state index >= 15 is 0 Å². The number of ketones is 1. The molecule has 2 unspecified atom stereocenters. The molecule has 136 valence electrons. The van der Waals surface area contributed by atoms with Crippen molar-refractivity contribution in [2.24, 2.45) is 17.8 Å². The number of carbonyl (C=O) groups is 4. The van der Waals surface area contributed by atoms with Crippen LogP contribution in [0.5, 0.6) is 0 Å². The molecule has 4 aliphatic carbocycles. The van der Waals surface area contributed by atoms with E-state index in [1.807, 2.05) is 0 Å². The largest absolute Gasteiger partial charge is 0.456 e. The fourth-order valence-corrected chi connectivity index (χ4v) is 4.50. The number of esters is 3. The van der Waals surface area contributed by atoms with Gasteiger partial charge in [-0.1, -0.05) is 6.58 Å². The van der Waals surface area contributed by atoms with E-state index in [1.54, 1.807) is 0 Å². The Morgan fingerprint density at radius 2 is 1.64 bits per heavy atom. The molecule has 7 heteroatoms. The summed E-state index contributed by atoms with van der Waals surface area (Å²) in [5, 5.41) is 0. The van der Waals surface area contributed by atoms with Crippen molar-refractivity contribution in [1.29, 1.82) is 0 Å². The summed E-state index contributed by atoms with van der Waals surface area (Å²) in [5.41, 5.74) is -0.413. The molecule has 0 heterocycles. The van der Waals surface area contributed by atoms with E-state index in [4.69, 9.17) is 9.47 Å². The van der Waals surface area contributed by atoms with Crippen LogP contribution in [0.4, 0.5) is 0 Å². The molecule has 4 bridgehead atoms. The Bertz CT molecular complexity index is 617. The van der Waals surface area contributed by atoms with Gasteiger partial charge in [0.05, 0.1) is 0 Å². The summed E-state index contributed by atoms with van der Waals surface area (Å²) in [4.78, 5) is 46.9. The molecule has 4 fully saturated rings. The molecule has 0 saturated heterocycles. The number of hydrogen-bond donors (Lipinski definition) is 0. The van der Waals surface area contributed by atoms with Gasteiger partial charge in [-0.2, -0.15) is 0 Å². The lowest BCUT2D eigenvalue weighted by atomic mass is 9.53. The molecule has 0 aromatic heterocycles. The maximum Gasteiger partial charge on any atom is 0.344 e. The highest BCUT2D eigenvalue weighted by atomic mass is 16.6. The van der Waals surface area contributed by atoms with E-state index in [9.17, 15) is 19.2 Å². The summed E-state index contributed by atoms with van der Waals surface area (Å²) >= 11 is 0. The number of Topliss-reactive ketones (excluding diaryl/α,β-unsaturated/α-hetero) is 1. The highest BCUT2D eigenvalue weighted by Crippen LogP contribution is 2.55. The minimum absolute atomic E-state index is 0.00292. The maximum absolute atomic E-state index is 12.1. The molecule has 0 radical (unpaired) electrons. The molecule has 0 aliphatic heterocycles. The van der Waals surface area contributed by atoms with Gasteiger partial charge in [-0.3, -0.25) is 4.79 Å². The summed E-state index contributed by atoms with van der Waals surface area (Å²) in [7, 11) is 0. The molecular formula is C18H22O7. The summed E-state index contributed by atoms with van der Waals surface area (Å²) in [5.74, 6) is -1.40. The van der Waals surface area contributed by atoms with Gasteiger partial charge in [0.1, 0.15) is 11.4 Å². The van der Waals surface area contributed by atoms with Crippen molar-refractivity contribution in [2.75, 3.05) is 13.2 Å². The summed E-state index contributed by atoms with van der Waals surface area (Å²) in [6.45, 7) is 3.74. The molecule has 0 N–H and O–H groups in total. The van der Waals surface area contributed by atoms with E-state index in [0.29, 0.717) is 24.5 Å². The predicted octanol–water partition coefficient (Wildman–Crippen LogP) is 1.34. The Labute approximate surface area is 145 Å². The van der Waals surface area contributed by atoms with Gasteiger partial charge in [0, 0.05) is 17.4 Å². The highest BCUT2D eigenvalue weighted by molar-refractivity contribution is 5.89. The standard InChI is InChI=1S/C18H22O7/c1-10(2)17(22)24-8-14(19)23-9-15(20)25-18-5-11-3-12(6-18)16(21)13(4-11)7-18/h11-13H,1,3-9H2,2H3. The number of hydrogen-bond acceptors (Lipinski definition) is 7. The molecule has 0 aromatic rings. The average molecular weight is 350 g/mol. The van der Waals surface area contributed by atoms with Crippen LogP contribution in [0.1, 0.15) is 39.0 Å². The van der Waals surface area contributed by atoms with Gasteiger partial charge in [0.15, 0.2) is 13.2 Å². The van der Waals surface area contributed by atoms with Crippen molar-refractivity contribution < 1.29 is 33.4 Å². The number of rotatable bonds is 6. The zero-order valence-corrected chi connectivity index (χ0v) is 14.2. The van der Waals surface area contributed by atoms with Crippen molar-refractivity contribution in [3.63, 3.8) is 0 Å². The minimum Gasteiger partial charge on any atom is -0.456 e. The van der Waals surface area contributed by atoms with Gasteiger partial charge in [-0.15, -0.1) is 0 Å². The van der Waals surface area contributed by atoms with Crippen LogP contribution < -0.4 is 0 Å². The molecule has 0 amide bonds. The Kier molecular flexibility index (Phi) is 4.67. The quantitative estimate of drug-likeness (QED) is 0.405. The topological polar surface area (TPSA) is 96.0 Å². The third kappa shape index (κ3) is 3.75. The predicted molar refractivity (Wildman–Crippen MR) is 84.1 cm³/mol. The zero-order valence-electron chi connectivity index (χ0n) is 14.2. The van der Waals surface area contributed by atoms with Crippen LogP contribution in [-0.2, 0) is 33.4 Å². The molecular weight excluding hydrogens is 328 g/mol. The maximum atomic E-state index is 12.1. The molecule has 4 aliphatic rings. The van der Waals surface area contributed by atoms with E-state index in [0.717, 1.165) is 19.3 Å². The molecule has 4 saturated carbocycles. The van der Waals surface area contributed by atoms with Gasteiger partial charge >= 0.3 is 17.9 Å². The van der Waals surface area contributed by atoms with E-state index in [1.165, 1.54) is 6.92 Å². The number of ether oxygens (including phenoxy) is 3. The Hall–Kier alpha value is -2.18. The minimum atomic E-state index is -0.827. The zero-order chi connectivity index (χ0) is 18.2. The van der Waals surface area contributed by atoms with Crippen LogP contribution in [-0.4, -0.2) is 42.5 Å². The van der Waals surface area contributed by atoms with Gasteiger partial charge in [-0.25, -0.2) is 14.4 Å². The van der Waals surface area contributed by atoms with Crippen molar-refractivity contribution in [2.45, 2.75) is 44.6 Å². The lowest BCUT2D eigenvalue weighted by Crippen LogP contribution is -2.57. The molecule has 25 heavy (non-hydrogen) atoms. The van der Waals surface area contributed by atoms with Gasteiger partial charge in [0.25, 0.3) is 0 Å². The highest BCUT2D eigenvalue weighted by Gasteiger charge is 2.57. The second-order valence-electron chi connectivity index (χ2n) is 7.42. The first-order valence-corrected chi connectivity index (χ1v) is 8.52. The summed E-state index contributed by atoms with van der Waals surface area (Å²) in [6.07, 6.45) is 3.74.